The molecule has 0 fully saturated rings. The Morgan fingerprint density at radius 1 is 1.03 bits per heavy atom. The van der Waals surface area contributed by atoms with Gasteiger partial charge in [0.05, 0.1) is 0 Å². The first-order valence-electron chi connectivity index (χ1n) is 12.7. The van der Waals surface area contributed by atoms with Gasteiger partial charge >= 0.3 is 90.3 Å². The Morgan fingerprint density at radius 3 is 2.09 bits per heavy atom. The van der Waals surface area contributed by atoms with Crippen molar-refractivity contribution < 1.29 is 20.4 Å². The number of alkyl halides is 1. The van der Waals surface area contributed by atoms with Crippen LogP contribution in [0.2, 0.25) is 0 Å². The molecule has 2 rings (SSSR count). The topological polar surface area (TPSA) is 21.3 Å². The summed E-state index contributed by atoms with van der Waals surface area (Å²) in [6.45, 7) is 19.8. The summed E-state index contributed by atoms with van der Waals surface area (Å²) in [7, 11) is 5.72. The second-order valence-electron chi connectivity index (χ2n) is 10.5. The average Bonchev–Trinajstić information content (AvgIpc) is 2.77. The number of aryl methyl sites for hydroxylation is 3. The number of hydrogen-bond donors (Lipinski definition) is 1. The molecule has 2 nitrogen and oxygen atoms in total. The first kappa shape index (κ1) is 32.1. The first-order chi connectivity index (χ1) is 16.4. The third-order valence-corrected chi connectivity index (χ3v) is 7.89. The molecule has 0 saturated heterocycles. The summed E-state index contributed by atoms with van der Waals surface area (Å²) in [5.74, 6) is 1.67. The molecule has 0 unspecified atom stereocenters. The molecule has 0 saturated carbocycles. The summed E-state index contributed by atoms with van der Waals surface area (Å²) in [6, 6.07) is 12.5. The zero-order valence-corrected chi connectivity index (χ0v) is 26.4. The SMILES string of the molecule is CC(C)Oc1ccccc1[CH]=[Ru][Cl].CCC(CC)(CCCl)CC(C)(C)Nc1c(C)cc(C)cc1C. The van der Waals surface area contributed by atoms with Crippen LogP contribution in [0.25, 0.3) is 0 Å². The zero-order valence-electron chi connectivity index (χ0n) is 23.2. The maximum Gasteiger partial charge on any atom is 0.0403 e. The van der Waals surface area contributed by atoms with Crippen molar-refractivity contribution >= 4 is 31.6 Å². The van der Waals surface area contributed by atoms with E-state index in [1.54, 1.807) is 0 Å². The molecule has 0 heterocycles. The smallest absolute Gasteiger partial charge is 0.0403 e. The largest absolute Gasteiger partial charge is 0.380 e. The Labute approximate surface area is 231 Å². The Balaban J connectivity index is 0.000000400. The van der Waals surface area contributed by atoms with Gasteiger partial charge in [-0.3, -0.25) is 0 Å². The van der Waals surface area contributed by atoms with Gasteiger partial charge in [0, 0.05) is 17.1 Å². The fourth-order valence-electron chi connectivity index (χ4n) is 4.81. The number of rotatable bonds is 11. The van der Waals surface area contributed by atoms with E-state index in [0.717, 1.165) is 30.0 Å². The van der Waals surface area contributed by atoms with Crippen LogP contribution in [-0.4, -0.2) is 22.1 Å². The first-order valence-corrected chi connectivity index (χ1v) is 16.4. The Morgan fingerprint density at radius 2 is 1.60 bits per heavy atom. The third-order valence-electron chi connectivity index (χ3n) is 6.51. The quantitative estimate of drug-likeness (QED) is 0.203. The molecule has 199 valence electrons. The van der Waals surface area contributed by atoms with E-state index in [-0.39, 0.29) is 27.3 Å². The van der Waals surface area contributed by atoms with Crippen molar-refractivity contribution in [2.45, 2.75) is 99.6 Å². The summed E-state index contributed by atoms with van der Waals surface area (Å²) in [5.41, 5.74) is 6.79. The number of hydrogen-bond acceptors (Lipinski definition) is 2. The molecule has 1 N–H and O–H groups in total. The van der Waals surface area contributed by atoms with Crippen molar-refractivity contribution in [2.24, 2.45) is 5.41 Å². The van der Waals surface area contributed by atoms with E-state index in [1.807, 2.05) is 42.7 Å². The monoisotopic (exact) mass is 608 g/mol. The van der Waals surface area contributed by atoms with Gasteiger partial charge in [0.2, 0.25) is 0 Å². The molecule has 0 bridgehead atoms. The number of nitrogens with one attached hydrogen (secondary N) is 1. The van der Waals surface area contributed by atoms with Crippen LogP contribution in [0.15, 0.2) is 36.4 Å². The molecule has 0 atom stereocenters. The van der Waals surface area contributed by atoms with E-state index in [0.29, 0.717) is 5.41 Å². The van der Waals surface area contributed by atoms with Crippen LogP contribution in [0.1, 0.15) is 89.5 Å². The van der Waals surface area contributed by atoms with E-state index in [4.69, 9.17) is 26.0 Å². The standard InChI is InChI=1S/C20H34ClN.C10H12O.ClH.Ru/c1-8-20(9-2,10-11-21)14-19(6,7)22-18-16(4)12-15(3)13-17(18)5;1-8(2)11-10-7-5-4-6-9(10)3;;/h12-13,22H,8-11,14H2,1-7H3;3-8H,1-2H3;1H;/q;;;+1/p-1. The average molecular weight is 609 g/mol. The summed E-state index contributed by atoms with van der Waals surface area (Å²) >= 11 is 5.89. The van der Waals surface area contributed by atoms with E-state index in [1.165, 1.54) is 35.2 Å². The predicted octanol–water partition coefficient (Wildman–Crippen LogP) is 9.49. The van der Waals surface area contributed by atoms with E-state index in [2.05, 4.69) is 65.9 Å². The van der Waals surface area contributed by atoms with Gasteiger partial charge in [0.15, 0.2) is 0 Å². The molecular weight excluding hydrogens is 562 g/mol. The van der Waals surface area contributed by atoms with E-state index >= 15 is 0 Å². The van der Waals surface area contributed by atoms with Crippen molar-refractivity contribution in [3.63, 3.8) is 0 Å². The Kier molecular flexibility index (Phi) is 14.1. The second-order valence-corrected chi connectivity index (χ2v) is 12.7. The molecule has 0 amide bonds. The molecule has 5 heteroatoms. The van der Waals surface area contributed by atoms with Crippen molar-refractivity contribution in [3.8, 4) is 5.75 Å². The van der Waals surface area contributed by atoms with Gasteiger partial charge in [-0.15, -0.1) is 11.6 Å². The van der Waals surface area contributed by atoms with Gasteiger partial charge < -0.3 is 5.32 Å². The van der Waals surface area contributed by atoms with Gasteiger partial charge in [-0.25, -0.2) is 0 Å². The minimum absolute atomic E-state index is 0.0584. The summed E-state index contributed by atoms with van der Waals surface area (Å²) < 4.78 is 7.66. The maximum absolute atomic E-state index is 6.08. The number of ether oxygens (including phenoxy) is 1. The molecule has 35 heavy (non-hydrogen) atoms. The summed E-state index contributed by atoms with van der Waals surface area (Å²) in [4.78, 5) is 0. The third kappa shape index (κ3) is 10.9. The maximum atomic E-state index is 6.08. The van der Waals surface area contributed by atoms with Crippen LogP contribution >= 0.6 is 21.3 Å². The van der Waals surface area contributed by atoms with Gasteiger partial charge in [0.25, 0.3) is 0 Å². The van der Waals surface area contributed by atoms with Crippen LogP contribution in [0, 0.1) is 26.2 Å². The predicted molar refractivity (Wildman–Crippen MR) is 155 cm³/mol. The number of halogens is 2. The number of para-hydroxylation sites is 1. The molecule has 0 aliphatic carbocycles. The second kappa shape index (κ2) is 15.4. The van der Waals surface area contributed by atoms with Crippen molar-refractivity contribution in [1.29, 1.82) is 0 Å². The van der Waals surface area contributed by atoms with Gasteiger partial charge in [-0.1, -0.05) is 44.4 Å². The molecule has 2 aromatic rings. The molecule has 0 aliphatic heterocycles. The molecule has 0 aliphatic rings. The molecular formula is C30H46Cl2NORu. The van der Waals surface area contributed by atoms with Crippen LogP contribution in [-0.2, 0) is 15.7 Å². The molecule has 0 radical (unpaired) electrons. The van der Waals surface area contributed by atoms with E-state index in [9.17, 15) is 0 Å². The van der Waals surface area contributed by atoms with Gasteiger partial charge in [0.1, 0.15) is 0 Å². The summed E-state index contributed by atoms with van der Waals surface area (Å²) in [6.07, 6.45) is 4.83. The number of benzene rings is 2. The Hall–Kier alpha value is -0.887. The van der Waals surface area contributed by atoms with Crippen LogP contribution in [0.3, 0.4) is 0 Å². The van der Waals surface area contributed by atoms with E-state index < -0.39 is 0 Å². The fourth-order valence-corrected chi connectivity index (χ4v) is 6.32. The Bertz CT molecular complexity index is 913. The van der Waals surface area contributed by atoms with Crippen molar-refractivity contribution in [2.75, 3.05) is 11.2 Å². The van der Waals surface area contributed by atoms with Crippen LogP contribution in [0.5, 0.6) is 5.75 Å². The van der Waals surface area contributed by atoms with Gasteiger partial charge in [-0.2, -0.15) is 0 Å². The van der Waals surface area contributed by atoms with Crippen LogP contribution < -0.4 is 10.1 Å². The van der Waals surface area contributed by atoms with Gasteiger partial charge in [-0.05, 0) is 64.0 Å². The van der Waals surface area contributed by atoms with Crippen molar-refractivity contribution in [3.05, 3.63) is 58.7 Å². The fraction of sp³-hybridized carbons (Fsp3) is 0.567. The summed E-state index contributed by atoms with van der Waals surface area (Å²) in [5, 5.41) is 3.82. The molecule has 0 spiro atoms. The molecule has 2 aromatic carbocycles. The minimum atomic E-state index is -0.191. The zero-order chi connectivity index (χ0) is 26.6. The minimum Gasteiger partial charge on any atom is -0.380 e. The number of anilines is 1. The normalized spacial score (nSPS) is 12.2. The van der Waals surface area contributed by atoms with Crippen molar-refractivity contribution in [1.82, 2.24) is 0 Å². The molecule has 0 aromatic heterocycles. The van der Waals surface area contributed by atoms with Crippen LogP contribution in [0.4, 0.5) is 5.69 Å².